The highest BCUT2D eigenvalue weighted by atomic mass is 16.6. The number of rotatable bonds is 9. The number of fused-ring (bicyclic) bond motifs is 13. The van der Waals surface area contributed by atoms with Crippen molar-refractivity contribution in [2.75, 3.05) is 26.6 Å². The summed E-state index contributed by atoms with van der Waals surface area (Å²) in [6, 6.07) is 35.0. The van der Waals surface area contributed by atoms with Gasteiger partial charge < -0.3 is 43.8 Å². The minimum Gasteiger partial charge on any atom is -0.483 e. The number of benzene rings is 5. The Bertz CT molecular complexity index is 4000. The molecule has 3 aliphatic heterocycles. The van der Waals surface area contributed by atoms with E-state index in [1.165, 1.54) is 51.8 Å². The zero-order valence-electron chi connectivity index (χ0n) is 50.9. The van der Waals surface area contributed by atoms with Gasteiger partial charge in [0.2, 0.25) is 0 Å². The standard InChI is InChI=1S/C77H80O12/c1-43(39-79)54-26-20-44-17-18-48-35-47(44)22-29-60-58-28-21-45-9-3-5-13-56(45)62(58)38-66(60)76(2)73(88-74(54)83)72(70-67(89-76)32-31-61-63(40-80)69(75(84)87-71(61)70)50(33-34-78)41-85-42-81)86-68(82)37-51-36-49(23-27-55(48)51)57-14-8-16-65-59(57)30-25-53-12-7-11-52-24-19-46-10-4-6-15-64(46)77(52,53)65/h3-6,8-10,13-19,21,23-24,27-28,31-32,35,49-53,55,58,60,62,66,72-73,78-81H,7,11-12,20,22,25-26,29-30,33-34,36-42H2,1-2H3. The van der Waals surface area contributed by atoms with Gasteiger partial charge in [-0.25, -0.2) is 9.59 Å². The molecule has 9 aliphatic rings. The average molecular weight is 1200 g/mol. The van der Waals surface area contributed by atoms with Crippen molar-refractivity contribution in [1.29, 1.82) is 0 Å². The van der Waals surface area contributed by atoms with Gasteiger partial charge in [0.25, 0.3) is 0 Å². The molecule has 12 nitrogen and oxygen atoms in total. The van der Waals surface area contributed by atoms with Crippen molar-refractivity contribution >= 4 is 35.1 Å². The Morgan fingerprint density at radius 3 is 2.43 bits per heavy atom. The third kappa shape index (κ3) is 9.42. The van der Waals surface area contributed by atoms with Crippen LogP contribution >= 0.6 is 0 Å². The van der Waals surface area contributed by atoms with Crippen LogP contribution in [-0.4, -0.2) is 70.7 Å². The predicted octanol–water partition coefficient (Wildman–Crippen LogP) is 12.8. The molecule has 0 saturated heterocycles. The summed E-state index contributed by atoms with van der Waals surface area (Å²) in [6.07, 6.45) is 21.0. The van der Waals surface area contributed by atoms with Gasteiger partial charge in [0.15, 0.2) is 17.8 Å². The molecule has 89 heavy (non-hydrogen) atoms. The van der Waals surface area contributed by atoms with Gasteiger partial charge in [-0.3, -0.25) is 4.79 Å². The summed E-state index contributed by atoms with van der Waals surface area (Å²) in [6.45, 7) is 1.69. The lowest BCUT2D eigenvalue weighted by molar-refractivity contribution is -0.202. The van der Waals surface area contributed by atoms with E-state index < -0.39 is 54.7 Å². The summed E-state index contributed by atoms with van der Waals surface area (Å²) in [5.41, 5.74) is 11.9. The topological polar surface area (TPSA) is 182 Å². The maximum Gasteiger partial charge on any atom is 0.340 e. The second-order valence-electron chi connectivity index (χ2n) is 27.4. The molecule has 6 aromatic rings. The van der Waals surface area contributed by atoms with E-state index in [0.29, 0.717) is 53.4 Å². The number of esters is 2. The Morgan fingerprint density at radius 2 is 1.58 bits per heavy atom. The van der Waals surface area contributed by atoms with Crippen molar-refractivity contribution < 1.29 is 53.4 Å². The Morgan fingerprint density at radius 1 is 0.764 bits per heavy atom. The molecule has 12 heteroatoms. The highest BCUT2D eigenvalue weighted by Crippen LogP contribution is 2.63. The fourth-order valence-electron chi connectivity index (χ4n) is 19.3. The Balaban J connectivity index is 0.920. The van der Waals surface area contributed by atoms with Crippen LogP contribution in [0.2, 0.25) is 0 Å². The Kier molecular flexibility index (Phi) is 15.2. The van der Waals surface area contributed by atoms with Gasteiger partial charge in [0.1, 0.15) is 18.1 Å². The van der Waals surface area contributed by atoms with Gasteiger partial charge >= 0.3 is 17.6 Å². The van der Waals surface area contributed by atoms with Crippen molar-refractivity contribution in [3.8, 4) is 5.75 Å². The third-order valence-corrected chi connectivity index (χ3v) is 23.3. The van der Waals surface area contributed by atoms with Crippen LogP contribution in [0.3, 0.4) is 0 Å². The number of hydrogen-bond donors (Lipinski definition) is 4. The number of carbonyl (C=O) groups excluding carboxylic acids is 2. The van der Waals surface area contributed by atoms with Gasteiger partial charge in [-0.2, -0.15) is 0 Å². The molecule has 1 spiro atoms. The van der Waals surface area contributed by atoms with Gasteiger partial charge in [0.05, 0.1) is 25.4 Å². The van der Waals surface area contributed by atoms with Crippen LogP contribution in [0.4, 0.5) is 0 Å². The first-order valence-electron chi connectivity index (χ1n) is 32.8. The van der Waals surface area contributed by atoms with Crippen molar-refractivity contribution in [2.24, 2.45) is 35.5 Å². The number of aliphatic hydroxyl groups excluding tert-OH is 4. The van der Waals surface area contributed by atoms with E-state index in [1.54, 1.807) is 19.1 Å². The Labute approximate surface area is 520 Å². The van der Waals surface area contributed by atoms with Crippen LogP contribution in [-0.2, 0) is 55.1 Å². The van der Waals surface area contributed by atoms with Crippen LogP contribution < -0.4 is 10.4 Å². The molecule has 0 radical (unpaired) electrons. The number of ether oxygens (including phenoxy) is 4. The number of hydrogen-bond acceptors (Lipinski definition) is 12. The quantitative estimate of drug-likeness (QED) is 0.0354. The van der Waals surface area contributed by atoms with E-state index in [2.05, 4.69) is 121 Å². The molecule has 2 fully saturated rings. The lowest BCUT2D eigenvalue weighted by Crippen LogP contribution is -2.59. The molecular formula is C77H80O12. The largest absolute Gasteiger partial charge is 0.483 e. The Hall–Kier alpha value is -7.19. The molecule has 5 aromatic carbocycles. The minimum absolute atomic E-state index is 0.00156. The summed E-state index contributed by atoms with van der Waals surface area (Å²) in [7, 11) is 0. The number of allylic oxidation sites excluding steroid dienone is 4. The number of carbonyl (C=O) groups is 2. The van der Waals surface area contributed by atoms with Gasteiger partial charge in [-0.1, -0.05) is 128 Å². The summed E-state index contributed by atoms with van der Waals surface area (Å²) in [4.78, 5) is 46.4. The minimum atomic E-state index is -1.41. The highest BCUT2D eigenvalue weighted by Gasteiger charge is 2.62. The second-order valence-corrected chi connectivity index (χ2v) is 27.4. The predicted molar refractivity (Wildman–Crippen MR) is 339 cm³/mol. The second kappa shape index (κ2) is 23.2. The maximum atomic E-state index is 16.0. The first-order chi connectivity index (χ1) is 43.4. The van der Waals surface area contributed by atoms with Gasteiger partial charge in [-0.05, 0) is 199 Å². The zero-order chi connectivity index (χ0) is 60.9. The monoisotopic (exact) mass is 1200 g/mol. The molecular weight excluding hydrogens is 1120 g/mol. The van der Waals surface area contributed by atoms with E-state index in [1.807, 2.05) is 6.92 Å². The van der Waals surface area contributed by atoms with Crippen molar-refractivity contribution in [3.63, 3.8) is 0 Å². The first kappa shape index (κ1) is 58.2. The summed E-state index contributed by atoms with van der Waals surface area (Å²) >= 11 is 0. The molecule has 6 aliphatic carbocycles. The van der Waals surface area contributed by atoms with E-state index in [9.17, 15) is 25.2 Å². The van der Waals surface area contributed by atoms with Crippen molar-refractivity contribution in [1.82, 2.24) is 0 Å². The van der Waals surface area contributed by atoms with Crippen LogP contribution in [0.25, 0.3) is 23.1 Å². The van der Waals surface area contributed by atoms with E-state index in [4.69, 9.17) is 23.4 Å². The molecule has 0 amide bonds. The van der Waals surface area contributed by atoms with Gasteiger partial charge in [0, 0.05) is 58.6 Å². The lowest BCUT2D eigenvalue weighted by Gasteiger charge is -2.55. The van der Waals surface area contributed by atoms with Crippen LogP contribution in [0, 0.1) is 35.5 Å². The smallest absolute Gasteiger partial charge is 0.340 e. The van der Waals surface area contributed by atoms with E-state index in [0.717, 1.165) is 48.8 Å². The molecule has 4 heterocycles. The molecule has 1 aromatic heterocycles. The number of aryl methyl sites for hydroxylation is 2. The fraction of sp³-hybridized carbons (Fsp3) is 0.442. The van der Waals surface area contributed by atoms with E-state index >= 15 is 9.59 Å². The molecule has 14 atom stereocenters. The maximum absolute atomic E-state index is 16.0. The molecule has 14 unspecified atom stereocenters. The lowest BCUT2D eigenvalue weighted by atomic mass is 9.48. The highest BCUT2D eigenvalue weighted by molar-refractivity contribution is 5.91. The normalized spacial score (nSPS) is 31.3. The summed E-state index contributed by atoms with van der Waals surface area (Å²) < 4.78 is 33.8. The van der Waals surface area contributed by atoms with Crippen LogP contribution in [0.5, 0.6) is 5.75 Å². The average Bonchev–Trinajstić information content (AvgIpc) is 1.55. The molecule has 4 N–H and O–H groups in total. The fourth-order valence-corrected chi connectivity index (χ4v) is 19.3. The third-order valence-electron chi connectivity index (χ3n) is 23.3. The first-order valence-corrected chi connectivity index (χ1v) is 32.8. The van der Waals surface area contributed by atoms with Crippen molar-refractivity contribution in [2.45, 2.75) is 151 Å². The SMILES string of the molecule is CC(CO)=C1CCc2ccc3cc2CCC2C4C=Cc5ccccc5C4CC2C2(C)Oc4ccc5c(CO)c(C(CCO)COCO)c(=O)oc5c4C(OC(=O)CC4CC(c5cccc6c5CCC5CCCC7C=Cc8ccccc8C675)C=CC34)C2OC1=O. The molecule has 5 bridgehead atoms. The van der Waals surface area contributed by atoms with Crippen LogP contribution in [0.15, 0.2) is 142 Å². The van der Waals surface area contributed by atoms with Crippen molar-refractivity contribution in [3.05, 3.63) is 215 Å². The summed E-state index contributed by atoms with van der Waals surface area (Å²) in [5.74, 6) is -1.25. The van der Waals surface area contributed by atoms with E-state index in [-0.39, 0.29) is 108 Å². The van der Waals surface area contributed by atoms with Gasteiger partial charge in [-0.15, -0.1) is 0 Å². The molecule has 15 rings (SSSR count). The summed E-state index contributed by atoms with van der Waals surface area (Å²) in [5, 5.41) is 42.5. The molecule has 460 valence electrons. The number of aliphatic hydroxyl groups is 4. The molecule has 2 saturated carbocycles. The zero-order valence-corrected chi connectivity index (χ0v) is 50.9. The van der Waals surface area contributed by atoms with Crippen LogP contribution in [0.1, 0.15) is 180 Å².